The maximum Gasteiger partial charge on any atom is 0.416 e. The number of carboxylic acid groups (broad SMARTS) is 1. The smallest absolute Gasteiger partial charge is 0.416 e. The van der Waals surface area contributed by atoms with Gasteiger partial charge >= 0.3 is 12.1 Å². The SMILES string of the molecule is CC([C@@H]1CCN([C@H](C(=O)O)c2ccc(C(F)(F)F)cc2)C1)N1CCC(Cc2ccc3c(n2)CCCC3)CC1. The number of piperidine rings is 1. The molecule has 0 bridgehead atoms. The Kier molecular flexibility index (Phi) is 8.10. The van der Waals surface area contributed by atoms with Crippen molar-refractivity contribution < 1.29 is 23.1 Å². The summed E-state index contributed by atoms with van der Waals surface area (Å²) >= 11 is 0. The molecule has 1 unspecified atom stereocenters. The zero-order chi connectivity index (χ0) is 26.9. The Morgan fingerprint density at radius 3 is 2.37 bits per heavy atom. The number of hydrogen-bond donors (Lipinski definition) is 1. The number of rotatable bonds is 7. The van der Waals surface area contributed by atoms with Gasteiger partial charge in [0.05, 0.1) is 5.56 Å². The Morgan fingerprint density at radius 1 is 1.00 bits per heavy atom. The van der Waals surface area contributed by atoms with Crippen LogP contribution >= 0.6 is 0 Å². The summed E-state index contributed by atoms with van der Waals surface area (Å²) in [5, 5.41) is 9.93. The number of pyridine rings is 1. The second kappa shape index (κ2) is 11.3. The van der Waals surface area contributed by atoms with Gasteiger partial charge in [0.2, 0.25) is 0 Å². The van der Waals surface area contributed by atoms with Gasteiger partial charge in [-0.1, -0.05) is 18.2 Å². The normalized spacial score (nSPS) is 23.2. The summed E-state index contributed by atoms with van der Waals surface area (Å²) in [5.41, 5.74) is 3.60. The fourth-order valence-electron chi connectivity index (χ4n) is 6.71. The van der Waals surface area contributed by atoms with E-state index in [0.29, 0.717) is 36.5 Å². The third kappa shape index (κ3) is 6.07. The number of hydrogen-bond acceptors (Lipinski definition) is 4. The lowest BCUT2D eigenvalue weighted by Crippen LogP contribution is -2.45. The van der Waals surface area contributed by atoms with Crippen LogP contribution in [0.3, 0.4) is 0 Å². The van der Waals surface area contributed by atoms with E-state index in [1.165, 1.54) is 41.9 Å². The van der Waals surface area contributed by atoms with Gasteiger partial charge in [-0.3, -0.25) is 14.7 Å². The van der Waals surface area contributed by atoms with Gasteiger partial charge in [-0.05, 0) is 119 Å². The number of aromatic nitrogens is 1. The molecule has 3 heterocycles. The zero-order valence-electron chi connectivity index (χ0n) is 22.1. The molecule has 3 aliphatic rings. The van der Waals surface area contributed by atoms with Crippen molar-refractivity contribution >= 4 is 5.97 Å². The number of aliphatic carboxylic acids is 1. The Labute approximate surface area is 223 Å². The van der Waals surface area contributed by atoms with E-state index in [4.69, 9.17) is 4.98 Å². The van der Waals surface area contributed by atoms with Crippen LogP contribution in [0.1, 0.15) is 73.1 Å². The Balaban J connectivity index is 1.14. The van der Waals surface area contributed by atoms with Crippen molar-refractivity contribution in [3.63, 3.8) is 0 Å². The number of alkyl halides is 3. The molecule has 5 rings (SSSR count). The topological polar surface area (TPSA) is 56.7 Å². The molecule has 38 heavy (non-hydrogen) atoms. The summed E-state index contributed by atoms with van der Waals surface area (Å²) in [6.07, 6.45) is 4.58. The number of likely N-dealkylation sites (tertiary alicyclic amines) is 2. The summed E-state index contributed by atoms with van der Waals surface area (Å²) in [4.78, 5) is 21.6. The van der Waals surface area contributed by atoms with Gasteiger partial charge in [0.15, 0.2) is 0 Å². The second-order valence-corrected chi connectivity index (χ2v) is 11.4. The van der Waals surface area contributed by atoms with Crippen LogP contribution in [0.5, 0.6) is 0 Å². The lowest BCUT2D eigenvalue weighted by Gasteiger charge is -2.38. The van der Waals surface area contributed by atoms with Crippen molar-refractivity contribution in [3.8, 4) is 0 Å². The van der Waals surface area contributed by atoms with Crippen LogP contribution in [-0.4, -0.2) is 58.1 Å². The predicted molar refractivity (Wildman–Crippen MR) is 140 cm³/mol. The summed E-state index contributed by atoms with van der Waals surface area (Å²) < 4.78 is 38.9. The second-order valence-electron chi connectivity index (χ2n) is 11.4. The number of halogens is 3. The van der Waals surface area contributed by atoms with Crippen LogP contribution in [-0.2, 0) is 30.2 Å². The summed E-state index contributed by atoms with van der Waals surface area (Å²) in [7, 11) is 0. The van der Waals surface area contributed by atoms with Gasteiger partial charge in [-0.2, -0.15) is 13.2 Å². The number of fused-ring (bicyclic) bond motifs is 1. The van der Waals surface area contributed by atoms with Crippen LogP contribution in [0.2, 0.25) is 0 Å². The molecular formula is C30H38F3N3O2. The minimum absolute atomic E-state index is 0.338. The molecule has 1 aliphatic carbocycles. The zero-order valence-corrected chi connectivity index (χ0v) is 22.1. The lowest BCUT2D eigenvalue weighted by molar-refractivity contribution is -0.143. The van der Waals surface area contributed by atoms with E-state index in [1.807, 2.05) is 4.90 Å². The molecule has 206 valence electrons. The highest BCUT2D eigenvalue weighted by atomic mass is 19.4. The largest absolute Gasteiger partial charge is 0.480 e. The Bertz CT molecular complexity index is 1110. The molecule has 1 N–H and O–H groups in total. The fraction of sp³-hybridized carbons (Fsp3) is 0.600. The summed E-state index contributed by atoms with van der Waals surface area (Å²) in [6, 6.07) is 8.49. The molecule has 2 aromatic rings. The maximum absolute atomic E-state index is 13.0. The number of nitrogens with zero attached hydrogens (tertiary/aromatic N) is 3. The highest BCUT2D eigenvalue weighted by Crippen LogP contribution is 2.35. The van der Waals surface area contributed by atoms with Crippen LogP contribution in [0, 0.1) is 11.8 Å². The molecule has 5 nitrogen and oxygen atoms in total. The van der Waals surface area contributed by atoms with Crippen molar-refractivity contribution in [2.45, 2.75) is 76.6 Å². The number of aryl methyl sites for hydroxylation is 2. The maximum atomic E-state index is 13.0. The van der Waals surface area contributed by atoms with Gasteiger partial charge in [0, 0.05) is 24.0 Å². The van der Waals surface area contributed by atoms with Gasteiger partial charge < -0.3 is 10.0 Å². The van der Waals surface area contributed by atoms with Crippen molar-refractivity contribution in [2.24, 2.45) is 11.8 Å². The van der Waals surface area contributed by atoms with Crippen molar-refractivity contribution in [3.05, 3.63) is 64.5 Å². The molecule has 1 aromatic heterocycles. The monoisotopic (exact) mass is 529 g/mol. The van der Waals surface area contributed by atoms with Crippen LogP contribution in [0.15, 0.2) is 36.4 Å². The minimum atomic E-state index is -4.43. The van der Waals surface area contributed by atoms with Crippen molar-refractivity contribution in [1.82, 2.24) is 14.8 Å². The van der Waals surface area contributed by atoms with E-state index < -0.39 is 23.8 Å². The average molecular weight is 530 g/mol. The van der Waals surface area contributed by atoms with E-state index in [0.717, 1.165) is 63.7 Å². The van der Waals surface area contributed by atoms with Gasteiger partial charge in [-0.15, -0.1) is 0 Å². The molecule has 2 aliphatic heterocycles. The summed E-state index contributed by atoms with van der Waals surface area (Å²) in [5.74, 6) is -0.0384. The molecule has 3 atom stereocenters. The number of benzene rings is 1. The van der Waals surface area contributed by atoms with Crippen LogP contribution in [0.25, 0.3) is 0 Å². The van der Waals surface area contributed by atoms with Crippen molar-refractivity contribution in [1.29, 1.82) is 0 Å². The molecule has 1 aromatic carbocycles. The predicted octanol–water partition coefficient (Wildman–Crippen LogP) is 5.77. The van der Waals surface area contributed by atoms with E-state index in [1.54, 1.807) is 0 Å². The minimum Gasteiger partial charge on any atom is -0.480 e. The molecule has 0 spiro atoms. The summed E-state index contributed by atoms with van der Waals surface area (Å²) in [6.45, 7) is 5.59. The molecule has 0 saturated carbocycles. The number of carboxylic acids is 1. The molecule has 8 heteroatoms. The highest BCUT2D eigenvalue weighted by Gasteiger charge is 2.38. The van der Waals surface area contributed by atoms with Gasteiger partial charge in [-0.25, -0.2) is 0 Å². The third-order valence-electron chi connectivity index (χ3n) is 9.05. The first-order valence-corrected chi connectivity index (χ1v) is 14.0. The van der Waals surface area contributed by atoms with E-state index in [9.17, 15) is 23.1 Å². The fourth-order valence-corrected chi connectivity index (χ4v) is 6.71. The van der Waals surface area contributed by atoms with Crippen LogP contribution < -0.4 is 0 Å². The van der Waals surface area contributed by atoms with Crippen molar-refractivity contribution in [2.75, 3.05) is 26.2 Å². The first-order chi connectivity index (χ1) is 18.2. The van der Waals surface area contributed by atoms with E-state index in [-0.39, 0.29) is 0 Å². The van der Waals surface area contributed by atoms with E-state index in [2.05, 4.69) is 24.0 Å². The van der Waals surface area contributed by atoms with Gasteiger partial charge in [0.1, 0.15) is 6.04 Å². The van der Waals surface area contributed by atoms with Crippen LogP contribution in [0.4, 0.5) is 13.2 Å². The Morgan fingerprint density at radius 2 is 1.68 bits per heavy atom. The Hall–Kier alpha value is -2.45. The number of carbonyl (C=O) groups is 1. The molecular weight excluding hydrogens is 491 g/mol. The molecule has 2 saturated heterocycles. The quantitative estimate of drug-likeness (QED) is 0.494. The molecule has 0 amide bonds. The average Bonchev–Trinajstić information content (AvgIpc) is 3.38. The standard InChI is InChI=1S/C30H38F3N3O2/c1-20(35-15-12-21(13-16-35)18-26-11-8-22-4-2-3-5-27(22)34-26)24-14-17-36(19-24)28(29(37)38)23-6-9-25(10-7-23)30(31,32)33/h6-11,20-21,24,28H,2-5,12-19H2,1H3,(H,37,38)/t20?,24-,28+/m1/s1. The first-order valence-electron chi connectivity index (χ1n) is 14.0. The van der Waals surface area contributed by atoms with Gasteiger partial charge in [0.25, 0.3) is 0 Å². The molecule has 0 radical (unpaired) electrons. The molecule has 2 fully saturated rings. The lowest BCUT2D eigenvalue weighted by atomic mass is 9.88. The first kappa shape index (κ1) is 27.1. The third-order valence-corrected chi connectivity index (χ3v) is 9.05. The van der Waals surface area contributed by atoms with E-state index >= 15 is 0 Å². The highest BCUT2D eigenvalue weighted by molar-refractivity contribution is 5.75.